The Morgan fingerprint density at radius 2 is 2.27 bits per heavy atom. The Hall–Kier alpha value is -0.830. The third-order valence-corrected chi connectivity index (χ3v) is 3.25. The molecule has 82 valence electrons. The maximum absolute atomic E-state index is 11.5. The molecule has 0 fully saturated rings. The summed E-state index contributed by atoms with van der Waals surface area (Å²) >= 11 is 1.71. The van der Waals surface area contributed by atoms with Crippen LogP contribution in [0.15, 0.2) is 24.4 Å². The molecule has 1 rings (SSSR count). The van der Waals surface area contributed by atoms with Crippen LogP contribution in [0.3, 0.4) is 0 Å². The second-order valence-corrected chi connectivity index (χ2v) is 4.98. The summed E-state index contributed by atoms with van der Waals surface area (Å²) in [6.45, 7) is 4.33. The predicted octanol–water partition coefficient (Wildman–Crippen LogP) is 2.58. The fraction of sp³-hybridized carbons (Fsp3) is 0.500. The van der Waals surface area contributed by atoms with Gasteiger partial charge in [0.05, 0.1) is 5.75 Å². The molecule has 3 heteroatoms. The molecule has 2 nitrogen and oxygen atoms in total. The van der Waals surface area contributed by atoms with E-state index in [-0.39, 0.29) is 5.78 Å². The van der Waals surface area contributed by atoms with Gasteiger partial charge >= 0.3 is 0 Å². The summed E-state index contributed by atoms with van der Waals surface area (Å²) in [5.41, 5.74) is 0.868. The van der Waals surface area contributed by atoms with Crippen LogP contribution in [0.4, 0.5) is 0 Å². The van der Waals surface area contributed by atoms with Gasteiger partial charge in [0.2, 0.25) is 0 Å². The quantitative estimate of drug-likeness (QED) is 0.742. The Morgan fingerprint density at radius 1 is 1.47 bits per heavy atom. The molecule has 0 spiro atoms. The van der Waals surface area contributed by atoms with Gasteiger partial charge in [0.25, 0.3) is 0 Å². The van der Waals surface area contributed by atoms with Gasteiger partial charge in [-0.15, -0.1) is 0 Å². The second kappa shape index (κ2) is 6.62. The van der Waals surface area contributed by atoms with Crippen LogP contribution < -0.4 is 0 Å². The van der Waals surface area contributed by atoms with E-state index in [0.717, 1.165) is 11.4 Å². The molecule has 0 unspecified atom stereocenters. The SMILES string of the molecule is CC(C)CSCC(=O)Cc1ccccn1. The lowest BCUT2D eigenvalue weighted by Crippen LogP contribution is -2.08. The van der Waals surface area contributed by atoms with E-state index in [9.17, 15) is 4.79 Å². The van der Waals surface area contributed by atoms with Gasteiger partial charge in [0.1, 0.15) is 5.78 Å². The number of ketones is 1. The molecule has 0 aliphatic heterocycles. The average molecular weight is 223 g/mol. The summed E-state index contributed by atoms with van der Waals surface area (Å²) < 4.78 is 0. The largest absolute Gasteiger partial charge is 0.298 e. The number of Topliss-reactive ketones (excluding diaryl/α,β-unsaturated/α-hetero) is 1. The average Bonchev–Trinajstić information content (AvgIpc) is 2.18. The molecule has 0 aromatic carbocycles. The molecule has 0 saturated heterocycles. The summed E-state index contributed by atoms with van der Waals surface area (Å²) in [6.07, 6.45) is 2.19. The molecule has 15 heavy (non-hydrogen) atoms. The molecule has 0 amide bonds. The number of aromatic nitrogens is 1. The van der Waals surface area contributed by atoms with E-state index in [4.69, 9.17) is 0 Å². The summed E-state index contributed by atoms with van der Waals surface area (Å²) in [5.74, 6) is 2.57. The van der Waals surface area contributed by atoms with Crippen LogP contribution in [0.2, 0.25) is 0 Å². The zero-order chi connectivity index (χ0) is 11.1. The zero-order valence-corrected chi connectivity index (χ0v) is 10.1. The van der Waals surface area contributed by atoms with Crippen LogP contribution in [-0.2, 0) is 11.2 Å². The highest BCUT2D eigenvalue weighted by Gasteiger charge is 2.05. The number of nitrogens with zero attached hydrogens (tertiary/aromatic N) is 1. The number of hydrogen-bond donors (Lipinski definition) is 0. The number of carbonyl (C=O) groups excluding carboxylic acids is 1. The first kappa shape index (κ1) is 12.2. The minimum absolute atomic E-state index is 0.263. The van der Waals surface area contributed by atoms with Gasteiger partial charge in [0.15, 0.2) is 0 Å². The lowest BCUT2D eigenvalue weighted by atomic mass is 10.2. The van der Waals surface area contributed by atoms with Crippen LogP contribution >= 0.6 is 11.8 Å². The van der Waals surface area contributed by atoms with Gasteiger partial charge in [-0.25, -0.2) is 0 Å². The third-order valence-electron chi connectivity index (χ3n) is 1.82. The van der Waals surface area contributed by atoms with E-state index in [1.807, 2.05) is 18.2 Å². The van der Waals surface area contributed by atoms with Crippen molar-refractivity contribution in [2.24, 2.45) is 5.92 Å². The minimum Gasteiger partial charge on any atom is -0.298 e. The number of rotatable bonds is 6. The molecule has 0 atom stereocenters. The van der Waals surface area contributed by atoms with Gasteiger partial charge in [-0.3, -0.25) is 9.78 Å². The molecular formula is C12H17NOS. The molecule has 0 aliphatic carbocycles. The van der Waals surface area contributed by atoms with Crippen LogP contribution in [-0.4, -0.2) is 22.3 Å². The van der Waals surface area contributed by atoms with Crippen molar-refractivity contribution in [2.45, 2.75) is 20.3 Å². The van der Waals surface area contributed by atoms with Gasteiger partial charge < -0.3 is 0 Å². The summed E-state index contributed by atoms with van der Waals surface area (Å²) in [6, 6.07) is 5.67. The van der Waals surface area contributed by atoms with Gasteiger partial charge in [-0.2, -0.15) is 11.8 Å². The van der Waals surface area contributed by atoms with Gasteiger partial charge in [0, 0.05) is 18.3 Å². The normalized spacial score (nSPS) is 10.6. The van der Waals surface area contributed by atoms with Crippen LogP contribution in [0.25, 0.3) is 0 Å². The first-order valence-electron chi connectivity index (χ1n) is 5.18. The van der Waals surface area contributed by atoms with Crippen LogP contribution in [0, 0.1) is 5.92 Å². The van der Waals surface area contributed by atoms with Crippen molar-refractivity contribution in [3.8, 4) is 0 Å². The van der Waals surface area contributed by atoms with E-state index in [1.54, 1.807) is 18.0 Å². The van der Waals surface area contributed by atoms with Gasteiger partial charge in [-0.05, 0) is 23.8 Å². The predicted molar refractivity (Wildman–Crippen MR) is 65.1 cm³/mol. The highest BCUT2D eigenvalue weighted by molar-refractivity contribution is 7.99. The van der Waals surface area contributed by atoms with Crippen molar-refractivity contribution in [1.82, 2.24) is 4.98 Å². The van der Waals surface area contributed by atoms with E-state index in [1.165, 1.54) is 0 Å². The van der Waals surface area contributed by atoms with Crippen LogP contribution in [0.5, 0.6) is 0 Å². The van der Waals surface area contributed by atoms with Crippen molar-refractivity contribution in [2.75, 3.05) is 11.5 Å². The highest BCUT2D eigenvalue weighted by Crippen LogP contribution is 2.08. The molecule has 0 saturated carbocycles. The van der Waals surface area contributed by atoms with E-state index in [2.05, 4.69) is 18.8 Å². The topological polar surface area (TPSA) is 30.0 Å². The van der Waals surface area contributed by atoms with E-state index in [0.29, 0.717) is 18.1 Å². The maximum atomic E-state index is 11.5. The molecule has 0 radical (unpaired) electrons. The summed E-state index contributed by atoms with van der Waals surface area (Å²) in [5, 5.41) is 0. The molecule has 1 aromatic rings. The Labute approximate surface area is 95.5 Å². The molecule has 0 N–H and O–H groups in total. The highest BCUT2D eigenvalue weighted by atomic mass is 32.2. The third kappa shape index (κ3) is 5.57. The number of pyridine rings is 1. The lowest BCUT2D eigenvalue weighted by molar-refractivity contribution is -0.116. The maximum Gasteiger partial charge on any atom is 0.148 e. The van der Waals surface area contributed by atoms with Crippen molar-refractivity contribution in [1.29, 1.82) is 0 Å². The molecule has 0 aliphatic rings. The monoisotopic (exact) mass is 223 g/mol. The van der Waals surface area contributed by atoms with Crippen molar-refractivity contribution in [3.63, 3.8) is 0 Å². The lowest BCUT2D eigenvalue weighted by Gasteiger charge is -2.03. The second-order valence-electron chi connectivity index (χ2n) is 3.95. The first-order chi connectivity index (χ1) is 7.18. The fourth-order valence-corrected chi connectivity index (χ4v) is 2.08. The van der Waals surface area contributed by atoms with Gasteiger partial charge in [-0.1, -0.05) is 19.9 Å². The fourth-order valence-electron chi connectivity index (χ4n) is 1.16. The first-order valence-corrected chi connectivity index (χ1v) is 6.33. The zero-order valence-electron chi connectivity index (χ0n) is 9.27. The van der Waals surface area contributed by atoms with Crippen molar-refractivity contribution >= 4 is 17.5 Å². The Balaban J connectivity index is 2.25. The molecule has 0 bridgehead atoms. The number of carbonyl (C=O) groups is 1. The Morgan fingerprint density at radius 3 is 2.87 bits per heavy atom. The van der Waals surface area contributed by atoms with Crippen molar-refractivity contribution < 1.29 is 4.79 Å². The van der Waals surface area contributed by atoms with Crippen LogP contribution in [0.1, 0.15) is 19.5 Å². The Kier molecular flexibility index (Phi) is 5.40. The smallest absolute Gasteiger partial charge is 0.148 e. The molecular weight excluding hydrogens is 206 g/mol. The minimum atomic E-state index is 0.263. The molecule has 1 aromatic heterocycles. The van der Waals surface area contributed by atoms with E-state index < -0.39 is 0 Å². The summed E-state index contributed by atoms with van der Waals surface area (Å²) in [7, 11) is 0. The molecule has 1 heterocycles. The number of thioether (sulfide) groups is 1. The Bertz CT molecular complexity index is 298. The van der Waals surface area contributed by atoms with E-state index >= 15 is 0 Å². The standard InChI is InChI=1S/C12H17NOS/c1-10(2)8-15-9-12(14)7-11-5-3-4-6-13-11/h3-6,10H,7-9H2,1-2H3. The number of hydrogen-bond acceptors (Lipinski definition) is 3. The van der Waals surface area contributed by atoms with Crippen molar-refractivity contribution in [3.05, 3.63) is 30.1 Å². The summed E-state index contributed by atoms with van der Waals surface area (Å²) in [4.78, 5) is 15.7.